The van der Waals surface area contributed by atoms with Gasteiger partial charge in [0.15, 0.2) is 5.78 Å². The zero-order chi connectivity index (χ0) is 14.7. The van der Waals surface area contributed by atoms with Crippen molar-refractivity contribution in [2.45, 2.75) is 12.8 Å². The number of nitriles is 1. The first-order chi connectivity index (χ1) is 9.52. The Morgan fingerprint density at radius 3 is 2.65 bits per heavy atom. The molecule has 0 N–H and O–H groups in total. The standard InChI is InChI=1S/C16H11ClFNO/c1-10-5-6-13(15(18)7-10)16(20)14(9-19)11-3-2-4-12(17)8-11/h2-8,14H,1H3. The second-order valence-electron chi connectivity index (χ2n) is 4.46. The van der Waals surface area contributed by atoms with E-state index in [-0.39, 0.29) is 5.56 Å². The molecule has 0 heterocycles. The third-order valence-corrected chi connectivity index (χ3v) is 3.20. The van der Waals surface area contributed by atoms with Gasteiger partial charge in [0.05, 0.1) is 11.6 Å². The summed E-state index contributed by atoms with van der Waals surface area (Å²) in [4.78, 5) is 12.3. The van der Waals surface area contributed by atoms with Crippen molar-refractivity contribution >= 4 is 17.4 Å². The van der Waals surface area contributed by atoms with Crippen molar-refractivity contribution in [1.29, 1.82) is 5.26 Å². The molecule has 0 saturated carbocycles. The largest absolute Gasteiger partial charge is 0.292 e. The molecule has 2 aromatic carbocycles. The van der Waals surface area contributed by atoms with Crippen LogP contribution in [0.5, 0.6) is 0 Å². The fraction of sp³-hybridized carbons (Fsp3) is 0.125. The maximum absolute atomic E-state index is 13.8. The number of nitrogens with zero attached hydrogens (tertiary/aromatic N) is 1. The highest BCUT2D eigenvalue weighted by Gasteiger charge is 2.24. The van der Waals surface area contributed by atoms with Gasteiger partial charge in [-0.3, -0.25) is 4.79 Å². The normalized spacial score (nSPS) is 11.7. The molecule has 0 spiro atoms. The maximum atomic E-state index is 13.8. The number of rotatable bonds is 3. The SMILES string of the molecule is Cc1ccc(C(=O)C(C#N)c2cccc(Cl)c2)c(F)c1. The van der Waals surface area contributed by atoms with Gasteiger partial charge in [-0.05, 0) is 42.3 Å². The maximum Gasteiger partial charge on any atom is 0.187 e. The first-order valence-electron chi connectivity index (χ1n) is 5.98. The quantitative estimate of drug-likeness (QED) is 0.791. The highest BCUT2D eigenvalue weighted by atomic mass is 35.5. The molecule has 0 fully saturated rings. The molecule has 0 aromatic heterocycles. The average molecular weight is 288 g/mol. The molecule has 4 heteroatoms. The van der Waals surface area contributed by atoms with Gasteiger partial charge < -0.3 is 0 Å². The van der Waals surface area contributed by atoms with Gasteiger partial charge in [-0.15, -0.1) is 0 Å². The van der Waals surface area contributed by atoms with Crippen LogP contribution in [-0.2, 0) is 0 Å². The highest BCUT2D eigenvalue weighted by Crippen LogP contribution is 2.24. The average Bonchev–Trinajstić information content (AvgIpc) is 2.39. The molecule has 2 rings (SSSR count). The molecule has 0 aliphatic carbocycles. The minimum absolute atomic E-state index is 0.0814. The van der Waals surface area contributed by atoms with Crippen LogP contribution in [0.3, 0.4) is 0 Å². The lowest BCUT2D eigenvalue weighted by Gasteiger charge is -2.10. The number of Topliss-reactive ketones (excluding diaryl/α,β-unsaturated/α-hetero) is 1. The third-order valence-electron chi connectivity index (χ3n) is 2.96. The fourth-order valence-corrected chi connectivity index (χ4v) is 2.14. The number of aryl methyl sites for hydroxylation is 1. The van der Waals surface area contributed by atoms with Gasteiger partial charge >= 0.3 is 0 Å². The summed E-state index contributed by atoms with van der Waals surface area (Å²) in [6.07, 6.45) is 0. The summed E-state index contributed by atoms with van der Waals surface area (Å²) in [6.45, 7) is 1.73. The Morgan fingerprint density at radius 1 is 1.30 bits per heavy atom. The van der Waals surface area contributed by atoms with Gasteiger partial charge in [0.25, 0.3) is 0 Å². The van der Waals surface area contributed by atoms with Crippen molar-refractivity contribution in [1.82, 2.24) is 0 Å². The van der Waals surface area contributed by atoms with Gasteiger partial charge in [0.2, 0.25) is 0 Å². The number of halogens is 2. The molecule has 2 nitrogen and oxygen atoms in total. The molecule has 0 saturated heterocycles. The molecular formula is C16H11ClFNO. The lowest BCUT2D eigenvalue weighted by molar-refractivity contribution is 0.0975. The van der Waals surface area contributed by atoms with E-state index >= 15 is 0 Å². The van der Waals surface area contributed by atoms with Crippen LogP contribution >= 0.6 is 11.6 Å². The number of hydrogen-bond acceptors (Lipinski definition) is 2. The Kier molecular flexibility index (Phi) is 4.16. The minimum Gasteiger partial charge on any atom is -0.292 e. The molecule has 2 aromatic rings. The minimum atomic E-state index is -1.06. The molecule has 0 bridgehead atoms. The zero-order valence-corrected chi connectivity index (χ0v) is 11.5. The van der Waals surface area contributed by atoms with E-state index in [9.17, 15) is 14.4 Å². The predicted molar refractivity (Wildman–Crippen MR) is 75.3 cm³/mol. The van der Waals surface area contributed by atoms with E-state index in [0.29, 0.717) is 10.6 Å². The first-order valence-corrected chi connectivity index (χ1v) is 6.36. The molecule has 20 heavy (non-hydrogen) atoms. The number of hydrogen-bond donors (Lipinski definition) is 0. The Morgan fingerprint density at radius 2 is 2.05 bits per heavy atom. The zero-order valence-electron chi connectivity index (χ0n) is 10.7. The highest BCUT2D eigenvalue weighted by molar-refractivity contribution is 6.30. The molecule has 0 radical (unpaired) electrons. The molecule has 100 valence electrons. The first kappa shape index (κ1) is 14.2. The Labute approximate surface area is 121 Å². The summed E-state index contributed by atoms with van der Waals surface area (Å²) in [5.74, 6) is -2.24. The van der Waals surface area contributed by atoms with Crippen LogP contribution in [0.15, 0.2) is 42.5 Å². The number of ketones is 1. The number of carbonyl (C=O) groups is 1. The molecule has 0 aliphatic heterocycles. The van der Waals surface area contributed by atoms with Crippen LogP contribution < -0.4 is 0 Å². The van der Waals surface area contributed by atoms with Crippen LogP contribution in [0, 0.1) is 24.1 Å². The van der Waals surface area contributed by atoms with E-state index in [1.165, 1.54) is 12.1 Å². The number of benzene rings is 2. The molecule has 0 aliphatic rings. The van der Waals surface area contributed by atoms with Crippen molar-refractivity contribution in [3.05, 3.63) is 70.0 Å². The monoisotopic (exact) mass is 287 g/mol. The van der Waals surface area contributed by atoms with Gasteiger partial charge in [0, 0.05) is 5.02 Å². The van der Waals surface area contributed by atoms with Crippen LogP contribution in [0.2, 0.25) is 5.02 Å². The number of carbonyl (C=O) groups excluding carboxylic acids is 1. The van der Waals surface area contributed by atoms with E-state index < -0.39 is 17.5 Å². The van der Waals surface area contributed by atoms with Crippen molar-refractivity contribution in [3.8, 4) is 6.07 Å². The van der Waals surface area contributed by atoms with Gasteiger partial charge in [-0.25, -0.2) is 4.39 Å². The Balaban J connectivity index is 2.42. The Hall–Kier alpha value is -2.18. The third kappa shape index (κ3) is 2.87. The van der Waals surface area contributed by atoms with Crippen molar-refractivity contribution in [2.75, 3.05) is 0 Å². The van der Waals surface area contributed by atoms with E-state index in [1.54, 1.807) is 37.3 Å². The molecular weight excluding hydrogens is 277 g/mol. The fourth-order valence-electron chi connectivity index (χ4n) is 1.95. The van der Waals surface area contributed by atoms with Crippen molar-refractivity contribution < 1.29 is 9.18 Å². The van der Waals surface area contributed by atoms with E-state index in [0.717, 1.165) is 5.56 Å². The van der Waals surface area contributed by atoms with Gasteiger partial charge in [-0.1, -0.05) is 29.8 Å². The van der Waals surface area contributed by atoms with Gasteiger partial charge in [-0.2, -0.15) is 5.26 Å². The van der Waals surface area contributed by atoms with Crippen LogP contribution in [0.4, 0.5) is 4.39 Å². The van der Waals surface area contributed by atoms with Crippen molar-refractivity contribution in [3.63, 3.8) is 0 Å². The second kappa shape index (κ2) is 5.85. The van der Waals surface area contributed by atoms with Crippen LogP contribution in [0.25, 0.3) is 0 Å². The second-order valence-corrected chi connectivity index (χ2v) is 4.90. The smallest absolute Gasteiger partial charge is 0.187 e. The summed E-state index contributed by atoms with van der Waals surface area (Å²) >= 11 is 5.85. The van der Waals surface area contributed by atoms with Crippen LogP contribution in [0.1, 0.15) is 27.4 Å². The topological polar surface area (TPSA) is 40.9 Å². The molecule has 1 atom stereocenters. The van der Waals surface area contributed by atoms with E-state index in [4.69, 9.17) is 11.6 Å². The Bertz CT molecular complexity index is 706. The van der Waals surface area contributed by atoms with Gasteiger partial charge in [0.1, 0.15) is 11.7 Å². The lowest BCUT2D eigenvalue weighted by atomic mass is 9.91. The summed E-state index contributed by atoms with van der Waals surface area (Å²) in [6, 6.07) is 12.7. The molecule has 1 unspecified atom stereocenters. The van der Waals surface area contributed by atoms with Crippen LogP contribution in [-0.4, -0.2) is 5.78 Å². The van der Waals surface area contributed by atoms with E-state index in [2.05, 4.69) is 0 Å². The predicted octanol–water partition coefficient (Wildman–Crippen LogP) is 4.28. The summed E-state index contributed by atoms with van der Waals surface area (Å²) in [5, 5.41) is 9.64. The lowest BCUT2D eigenvalue weighted by Crippen LogP contribution is -2.13. The molecule has 0 amide bonds. The summed E-state index contributed by atoms with van der Waals surface area (Å²) in [5.41, 5.74) is 1.10. The summed E-state index contributed by atoms with van der Waals surface area (Å²) in [7, 11) is 0. The van der Waals surface area contributed by atoms with Crippen molar-refractivity contribution in [2.24, 2.45) is 0 Å². The summed E-state index contributed by atoms with van der Waals surface area (Å²) < 4.78 is 13.8. The van der Waals surface area contributed by atoms with E-state index in [1.807, 2.05) is 6.07 Å².